The van der Waals surface area contributed by atoms with E-state index in [4.69, 9.17) is 4.74 Å². The van der Waals surface area contributed by atoms with Crippen LogP contribution in [0.5, 0.6) is 5.75 Å². The number of aliphatic hydroxyl groups is 1. The van der Waals surface area contributed by atoms with Gasteiger partial charge in [-0.2, -0.15) is 0 Å². The van der Waals surface area contributed by atoms with Crippen LogP contribution in [0.2, 0.25) is 0 Å². The van der Waals surface area contributed by atoms with Crippen molar-refractivity contribution in [2.24, 2.45) is 0 Å². The molecule has 1 aromatic heterocycles. The van der Waals surface area contributed by atoms with Crippen LogP contribution in [-0.4, -0.2) is 40.3 Å². The normalized spacial score (nSPS) is 16.3. The first kappa shape index (κ1) is 12.7. The molecule has 1 aromatic rings. The summed E-state index contributed by atoms with van der Waals surface area (Å²) in [7, 11) is 0. The van der Waals surface area contributed by atoms with Crippen molar-refractivity contribution in [3.63, 3.8) is 0 Å². The SMILES string of the molecule is O=[N+]([O-])c1ncccc1OCC(O)CNC1CC1. The topological polar surface area (TPSA) is 97.5 Å². The zero-order valence-electron chi connectivity index (χ0n) is 9.78. The van der Waals surface area contributed by atoms with E-state index in [1.54, 1.807) is 6.07 Å². The molecule has 0 aromatic carbocycles. The van der Waals surface area contributed by atoms with Gasteiger partial charge in [-0.3, -0.25) is 0 Å². The summed E-state index contributed by atoms with van der Waals surface area (Å²) in [6.07, 6.45) is 2.92. The quantitative estimate of drug-likeness (QED) is 0.542. The minimum Gasteiger partial charge on any atom is -0.483 e. The maximum absolute atomic E-state index is 10.7. The molecule has 0 amide bonds. The smallest absolute Gasteiger partial charge is 0.406 e. The molecule has 2 N–H and O–H groups in total. The number of hydrogen-bond acceptors (Lipinski definition) is 6. The summed E-state index contributed by atoms with van der Waals surface area (Å²) in [5, 5.41) is 23.5. The maximum Gasteiger partial charge on any atom is 0.406 e. The fraction of sp³-hybridized carbons (Fsp3) is 0.545. The summed E-state index contributed by atoms with van der Waals surface area (Å²) in [4.78, 5) is 13.7. The predicted molar refractivity (Wildman–Crippen MR) is 63.4 cm³/mol. The highest BCUT2D eigenvalue weighted by atomic mass is 16.6. The number of hydrogen-bond donors (Lipinski definition) is 2. The number of pyridine rings is 1. The van der Waals surface area contributed by atoms with Crippen LogP contribution in [0.15, 0.2) is 18.3 Å². The molecule has 0 aliphatic heterocycles. The molecule has 1 aliphatic rings. The summed E-state index contributed by atoms with van der Waals surface area (Å²) >= 11 is 0. The molecule has 1 fully saturated rings. The van der Waals surface area contributed by atoms with E-state index in [1.807, 2.05) is 0 Å². The van der Waals surface area contributed by atoms with E-state index in [2.05, 4.69) is 10.3 Å². The first-order valence-corrected chi connectivity index (χ1v) is 5.80. The Labute approximate surface area is 104 Å². The molecular weight excluding hydrogens is 238 g/mol. The second-order valence-electron chi connectivity index (χ2n) is 4.23. The van der Waals surface area contributed by atoms with Crippen LogP contribution in [0, 0.1) is 10.1 Å². The molecule has 0 radical (unpaired) electrons. The van der Waals surface area contributed by atoms with Gasteiger partial charge in [-0.1, -0.05) is 0 Å². The van der Waals surface area contributed by atoms with E-state index in [0.29, 0.717) is 12.6 Å². The van der Waals surface area contributed by atoms with Gasteiger partial charge in [-0.05, 0) is 34.9 Å². The molecule has 1 aliphatic carbocycles. The molecule has 18 heavy (non-hydrogen) atoms. The third-order valence-electron chi connectivity index (χ3n) is 2.57. The highest BCUT2D eigenvalue weighted by Crippen LogP contribution is 2.23. The van der Waals surface area contributed by atoms with Crippen LogP contribution in [0.3, 0.4) is 0 Å². The molecule has 1 atom stereocenters. The predicted octanol–water partition coefficient (Wildman–Crippen LogP) is 0.481. The van der Waals surface area contributed by atoms with Crippen molar-refractivity contribution in [1.82, 2.24) is 10.3 Å². The van der Waals surface area contributed by atoms with Crippen molar-refractivity contribution < 1.29 is 14.8 Å². The Morgan fingerprint density at radius 2 is 2.44 bits per heavy atom. The minimum atomic E-state index is -0.689. The fourth-order valence-corrected chi connectivity index (χ4v) is 1.47. The van der Waals surface area contributed by atoms with E-state index >= 15 is 0 Å². The molecular formula is C11H15N3O4. The van der Waals surface area contributed by atoms with E-state index in [-0.39, 0.29) is 18.2 Å². The molecule has 0 bridgehead atoms. The second kappa shape index (κ2) is 5.74. The number of nitrogens with one attached hydrogen (secondary N) is 1. The van der Waals surface area contributed by atoms with Crippen LogP contribution in [0.1, 0.15) is 12.8 Å². The van der Waals surface area contributed by atoms with Gasteiger partial charge in [0.2, 0.25) is 5.75 Å². The standard InChI is InChI=1S/C11H15N3O4/c15-9(6-13-8-3-4-8)7-18-10-2-1-5-12-11(10)14(16)17/h1-2,5,8-9,13,15H,3-4,6-7H2. The van der Waals surface area contributed by atoms with E-state index in [1.165, 1.54) is 12.3 Å². The van der Waals surface area contributed by atoms with Crippen molar-refractivity contribution in [3.05, 3.63) is 28.4 Å². The molecule has 2 rings (SSSR count). The molecule has 1 saturated carbocycles. The Bertz CT molecular complexity index is 423. The second-order valence-corrected chi connectivity index (χ2v) is 4.23. The summed E-state index contributed by atoms with van der Waals surface area (Å²) in [5.74, 6) is -0.257. The summed E-state index contributed by atoms with van der Waals surface area (Å²) in [5.41, 5.74) is 0. The first-order chi connectivity index (χ1) is 8.66. The first-order valence-electron chi connectivity index (χ1n) is 5.80. The molecule has 98 valence electrons. The number of ether oxygens (including phenoxy) is 1. The molecule has 7 nitrogen and oxygen atoms in total. The van der Waals surface area contributed by atoms with Gasteiger partial charge >= 0.3 is 5.82 Å². The Morgan fingerprint density at radius 1 is 1.67 bits per heavy atom. The average Bonchev–Trinajstić information content (AvgIpc) is 3.18. The summed E-state index contributed by atoms with van der Waals surface area (Å²) in [6.45, 7) is 0.435. The van der Waals surface area contributed by atoms with Crippen LogP contribution in [0.25, 0.3) is 0 Å². The fourth-order valence-electron chi connectivity index (χ4n) is 1.47. The van der Waals surface area contributed by atoms with Crippen molar-refractivity contribution in [2.75, 3.05) is 13.2 Å². The van der Waals surface area contributed by atoms with Crippen LogP contribution >= 0.6 is 0 Å². The van der Waals surface area contributed by atoms with Gasteiger partial charge in [-0.15, -0.1) is 0 Å². The van der Waals surface area contributed by atoms with E-state index in [9.17, 15) is 15.2 Å². The van der Waals surface area contributed by atoms with Crippen LogP contribution in [-0.2, 0) is 0 Å². The Morgan fingerprint density at radius 3 is 3.11 bits per heavy atom. The minimum absolute atomic E-state index is 0.00620. The number of aliphatic hydroxyl groups excluding tert-OH is 1. The number of nitrogens with zero attached hydrogens (tertiary/aromatic N) is 2. The number of nitro groups is 1. The summed E-state index contributed by atoms with van der Waals surface area (Å²) in [6, 6.07) is 3.52. The Hall–Kier alpha value is -1.73. The zero-order valence-corrected chi connectivity index (χ0v) is 9.78. The largest absolute Gasteiger partial charge is 0.483 e. The maximum atomic E-state index is 10.7. The lowest BCUT2D eigenvalue weighted by molar-refractivity contribution is -0.390. The zero-order chi connectivity index (χ0) is 13.0. The van der Waals surface area contributed by atoms with Gasteiger partial charge in [0.15, 0.2) is 0 Å². The van der Waals surface area contributed by atoms with E-state index in [0.717, 1.165) is 12.8 Å². The third kappa shape index (κ3) is 3.64. The molecule has 1 heterocycles. The number of rotatable bonds is 7. The average molecular weight is 253 g/mol. The molecule has 7 heteroatoms. The van der Waals surface area contributed by atoms with Crippen LogP contribution in [0.4, 0.5) is 5.82 Å². The van der Waals surface area contributed by atoms with Crippen molar-refractivity contribution in [3.8, 4) is 5.75 Å². The summed E-state index contributed by atoms with van der Waals surface area (Å²) < 4.78 is 5.22. The third-order valence-corrected chi connectivity index (χ3v) is 2.57. The molecule has 0 spiro atoms. The van der Waals surface area contributed by atoms with Crippen LogP contribution < -0.4 is 10.1 Å². The van der Waals surface area contributed by atoms with Gasteiger partial charge in [0.1, 0.15) is 18.9 Å². The van der Waals surface area contributed by atoms with Gasteiger partial charge < -0.3 is 25.3 Å². The Kier molecular flexibility index (Phi) is 4.06. The Balaban J connectivity index is 1.82. The monoisotopic (exact) mass is 253 g/mol. The number of aromatic nitrogens is 1. The van der Waals surface area contributed by atoms with Gasteiger partial charge in [0.25, 0.3) is 0 Å². The van der Waals surface area contributed by atoms with Gasteiger partial charge in [-0.25, -0.2) is 0 Å². The van der Waals surface area contributed by atoms with Crippen molar-refractivity contribution in [2.45, 2.75) is 25.0 Å². The lowest BCUT2D eigenvalue weighted by atomic mass is 10.3. The lowest BCUT2D eigenvalue weighted by Crippen LogP contribution is -2.32. The lowest BCUT2D eigenvalue weighted by Gasteiger charge is -2.12. The van der Waals surface area contributed by atoms with E-state index < -0.39 is 11.0 Å². The van der Waals surface area contributed by atoms with Gasteiger partial charge in [0.05, 0.1) is 0 Å². The molecule has 1 unspecified atom stereocenters. The van der Waals surface area contributed by atoms with Crippen molar-refractivity contribution in [1.29, 1.82) is 0 Å². The highest BCUT2D eigenvalue weighted by Gasteiger charge is 2.22. The van der Waals surface area contributed by atoms with Crippen molar-refractivity contribution >= 4 is 5.82 Å². The highest BCUT2D eigenvalue weighted by molar-refractivity contribution is 5.38. The molecule has 0 saturated heterocycles. The van der Waals surface area contributed by atoms with Gasteiger partial charge in [0, 0.05) is 12.6 Å².